The van der Waals surface area contributed by atoms with Gasteiger partial charge in [-0.05, 0) is 25.0 Å². The lowest BCUT2D eigenvalue weighted by molar-refractivity contribution is -0.385. The summed E-state index contributed by atoms with van der Waals surface area (Å²) >= 11 is 0. The van der Waals surface area contributed by atoms with Gasteiger partial charge in [0.15, 0.2) is 5.75 Å². The molecule has 1 fully saturated rings. The number of nitro benzene ring substituents is 1. The van der Waals surface area contributed by atoms with Crippen molar-refractivity contribution in [3.05, 3.63) is 33.9 Å². The molecule has 0 unspecified atom stereocenters. The molecular formula is C14H18N2O5. The van der Waals surface area contributed by atoms with Crippen LogP contribution in [0.3, 0.4) is 0 Å². The van der Waals surface area contributed by atoms with Crippen LogP contribution in [0.2, 0.25) is 0 Å². The first-order valence-corrected chi connectivity index (χ1v) is 6.84. The molecule has 2 rings (SSSR count). The molecule has 1 aliphatic carbocycles. The van der Waals surface area contributed by atoms with Crippen molar-refractivity contribution in [3.8, 4) is 5.75 Å². The molecule has 1 aliphatic rings. The third-order valence-corrected chi connectivity index (χ3v) is 3.68. The summed E-state index contributed by atoms with van der Waals surface area (Å²) in [7, 11) is 1.33. The van der Waals surface area contributed by atoms with E-state index in [9.17, 15) is 20.0 Å². The molecular weight excluding hydrogens is 276 g/mol. The van der Waals surface area contributed by atoms with Crippen LogP contribution in [-0.4, -0.2) is 35.2 Å². The van der Waals surface area contributed by atoms with Crippen LogP contribution >= 0.6 is 0 Å². The number of amides is 1. The molecule has 0 bridgehead atoms. The molecule has 1 saturated carbocycles. The van der Waals surface area contributed by atoms with Gasteiger partial charge < -0.3 is 15.2 Å². The van der Waals surface area contributed by atoms with E-state index in [4.69, 9.17) is 4.74 Å². The molecule has 2 atom stereocenters. The van der Waals surface area contributed by atoms with Gasteiger partial charge in [-0.25, -0.2) is 0 Å². The van der Waals surface area contributed by atoms with Crippen LogP contribution in [0, 0.1) is 10.1 Å². The lowest BCUT2D eigenvalue weighted by atomic mass is 9.92. The van der Waals surface area contributed by atoms with E-state index in [-0.39, 0.29) is 23.0 Å². The Morgan fingerprint density at radius 3 is 2.76 bits per heavy atom. The SMILES string of the molecule is COc1ccc(C(=O)N[C@@H]2CCCC[C@H]2O)cc1[N+](=O)[O-]. The molecule has 2 N–H and O–H groups in total. The summed E-state index contributed by atoms with van der Waals surface area (Å²) in [5, 5.41) is 23.5. The summed E-state index contributed by atoms with van der Waals surface area (Å²) in [6.45, 7) is 0. The van der Waals surface area contributed by atoms with Gasteiger partial charge in [-0.3, -0.25) is 14.9 Å². The predicted molar refractivity (Wildman–Crippen MR) is 75.4 cm³/mol. The van der Waals surface area contributed by atoms with E-state index in [2.05, 4.69) is 5.32 Å². The van der Waals surface area contributed by atoms with Gasteiger partial charge in [0.25, 0.3) is 5.91 Å². The smallest absolute Gasteiger partial charge is 0.311 e. The molecule has 7 nitrogen and oxygen atoms in total. The number of carbonyl (C=O) groups is 1. The summed E-state index contributed by atoms with van der Waals surface area (Å²) in [6.07, 6.45) is 2.71. The minimum absolute atomic E-state index is 0.106. The molecule has 1 amide bonds. The number of methoxy groups -OCH3 is 1. The van der Waals surface area contributed by atoms with Crippen molar-refractivity contribution in [2.45, 2.75) is 37.8 Å². The summed E-state index contributed by atoms with van der Waals surface area (Å²) in [5.41, 5.74) is -0.0744. The zero-order valence-corrected chi connectivity index (χ0v) is 11.7. The van der Waals surface area contributed by atoms with Gasteiger partial charge in [-0.2, -0.15) is 0 Å². The third kappa shape index (κ3) is 3.49. The van der Waals surface area contributed by atoms with Crippen molar-refractivity contribution in [3.63, 3.8) is 0 Å². The lowest BCUT2D eigenvalue weighted by Gasteiger charge is -2.28. The van der Waals surface area contributed by atoms with Crippen molar-refractivity contribution in [2.24, 2.45) is 0 Å². The average Bonchev–Trinajstić information content (AvgIpc) is 2.48. The number of hydrogen-bond acceptors (Lipinski definition) is 5. The van der Waals surface area contributed by atoms with E-state index in [1.807, 2.05) is 0 Å². The molecule has 1 aromatic carbocycles. The highest BCUT2D eigenvalue weighted by Crippen LogP contribution is 2.27. The van der Waals surface area contributed by atoms with Gasteiger partial charge in [-0.15, -0.1) is 0 Å². The molecule has 7 heteroatoms. The predicted octanol–water partition coefficient (Wildman–Crippen LogP) is 1.64. The summed E-state index contributed by atoms with van der Waals surface area (Å²) < 4.78 is 4.90. The molecule has 0 heterocycles. The third-order valence-electron chi connectivity index (χ3n) is 3.68. The molecule has 0 spiro atoms. The van der Waals surface area contributed by atoms with Gasteiger partial charge in [-0.1, -0.05) is 12.8 Å². The minimum atomic E-state index is -0.592. The van der Waals surface area contributed by atoms with Crippen LogP contribution in [0.4, 0.5) is 5.69 Å². The molecule has 21 heavy (non-hydrogen) atoms. The van der Waals surface area contributed by atoms with Crippen molar-refractivity contribution in [2.75, 3.05) is 7.11 Å². The van der Waals surface area contributed by atoms with Crippen LogP contribution < -0.4 is 10.1 Å². The van der Waals surface area contributed by atoms with E-state index in [0.29, 0.717) is 12.8 Å². The Morgan fingerprint density at radius 2 is 2.14 bits per heavy atom. The van der Waals surface area contributed by atoms with E-state index in [0.717, 1.165) is 12.8 Å². The van der Waals surface area contributed by atoms with Crippen LogP contribution in [0.15, 0.2) is 18.2 Å². The van der Waals surface area contributed by atoms with Gasteiger partial charge in [0.1, 0.15) is 0 Å². The normalized spacial score (nSPS) is 21.6. The van der Waals surface area contributed by atoms with Crippen LogP contribution in [-0.2, 0) is 0 Å². The standard InChI is InChI=1S/C14H18N2O5/c1-21-13-7-6-9(8-11(13)16(19)20)14(18)15-10-4-2-3-5-12(10)17/h6-8,10,12,17H,2-5H2,1H3,(H,15,18)/t10-,12-/m1/s1. The van der Waals surface area contributed by atoms with Crippen LogP contribution in [0.1, 0.15) is 36.0 Å². The first-order chi connectivity index (χ1) is 10.0. The van der Waals surface area contributed by atoms with Gasteiger partial charge >= 0.3 is 5.69 Å². The highest BCUT2D eigenvalue weighted by Gasteiger charge is 2.26. The van der Waals surface area contributed by atoms with Crippen molar-refractivity contribution in [1.82, 2.24) is 5.32 Å². The number of ether oxygens (including phenoxy) is 1. The Hall–Kier alpha value is -2.15. The van der Waals surface area contributed by atoms with E-state index >= 15 is 0 Å². The fraction of sp³-hybridized carbons (Fsp3) is 0.500. The van der Waals surface area contributed by atoms with Gasteiger partial charge in [0.05, 0.1) is 24.2 Å². The number of hydrogen-bond donors (Lipinski definition) is 2. The monoisotopic (exact) mass is 294 g/mol. The second-order valence-corrected chi connectivity index (χ2v) is 5.08. The molecule has 0 saturated heterocycles. The maximum atomic E-state index is 12.1. The fourth-order valence-corrected chi connectivity index (χ4v) is 2.51. The van der Waals surface area contributed by atoms with Gasteiger partial charge in [0.2, 0.25) is 0 Å². The number of nitro groups is 1. The number of nitrogens with one attached hydrogen (secondary N) is 1. The molecule has 0 radical (unpaired) electrons. The number of aliphatic hydroxyl groups excluding tert-OH is 1. The zero-order chi connectivity index (χ0) is 15.4. The van der Waals surface area contributed by atoms with Gasteiger partial charge in [0, 0.05) is 11.6 Å². The quantitative estimate of drug-likeness (QED) is 0.649. The minimum Gasteiger partial charge on any atom is -0.490 e. The van der Waals surface area contributed by atoms with Crippen molar-refractivity contribution >= 4 is 11.6 Å². The van der Waals surface area contributed by atoms with E-state index in [1.54, 1.807) is 0 Å². The zero-order valence-electron chi connectivity index (χ0n) is 11.7. The first-order valence-electron chi connectivity index (χ1n) is 6.84. The average molecular weight is 294 g/mol. The highest BCUT2D eigenvalue weighted by atomic mass is 16.6. The highest BCUT2D eigenvalue weighted by molar-refractivity contribution is 5.95. The van der Waals surface area contributed by atoms with E-state index < -0.39 is 16.9 Å². The Morgan fingerprint density at radius 1 is 1.43 bits per heavy atom. The van der Waals surface area contributed by atoms with E-state index in [1.165, 1.54) is 25.3 Å². The number of nitrogens with zero attached hydrogens (tertiary/aromatic N) is 1. The second-order valence-electron chi connectivity index (χ2n) is 5.08. The molecule has 1 aromatic rings. The molecule has 0 aromatic heterocycles. The summed E-state index contributed by atoms with van der Waals surface area (Å²) in [5.74, 6) is -0.319. The topological polar surface area (TPSA) is 102 Å². The first kappa shape index (κ1) is 15.2. The van der Waals surface area contributed by atoms with Crippen LogP contribution in [0.5, 0.6) is 5.75 Å². The largest absolute Gasteiger partial charge is 0.490 e. The Balaban J connectivity index is 2.15. The van der Waals surface area contributed by atoms with Crippen LogP contribution in [0.25, 0.3) is 0 Å². The number of rotatable bonds is 4. The Kier molecular flexibility index (Phi) is 4.74. The van der Waals surface area contributed by atoms with Crippen molar-refractivity contribution < 1.29 is 19.6 Å². The van der Waals surface area contributed by atoms with Crippen molar-refractivity contribution in [1.29, 1.82) is 0 Å². The fourth-order valence-electron chi connectivity index (χ4n) is 2.51. The summed E-state index contributed by atoms with van der Waals surface area (Å²) in [6, 6.07) is 3.75. The maximum absolute atomic E-state index is 12.1. The number of benzene rings is 1. The number of carbonyl (C=O) groups excluding carboxylic acids is 1. The summed E-state index contributed by atoms with van der Waals surface area (Å²) in [4.78, 5) is 22.5. The second kappa shape index (κ2) is 6.53. The molecule has 0 aliphatic heterocycles. The number of aliphatic hydroxyl groups is 1. The Bertz CT molecular complexity index is 546. The molecule has 114 valence electrons. The lowest BCUT2D eigenvalue weighted by Crippen LogP contribution is -2.45. The maximum Gasteiger partial charge on any atom is 0.311 e. The Labute approximate surface area is 122 Å².